The SMILES string of the molecule is CO[C@]1(COCc2ccccc2)C[C@H]2OC(=O)O[C@H]2[C@@H]([C@H]2COC(C)(C)O2)O1. The molecule has 0 unspecified atom stereocenters. The second kappa shape index (κ2) is 7.61. The van der Waals surface area contributed by atoms with Gasteiger partial charge in [0.1, 0.15) is 18.8 Å². The summed E-state index contributed by atoms with van der Waals surface area (Å²) in [5, 5.41) is 0. The molecule has 3 aliphatic heterocycles. The van der Waals surface area contributed by atoms with Gasteiger partial charge in [0.15, 0.2) is 23.8 Å². The predicted octanol–water partition coefficient (Wildman–Crippen LogP) is 2.39. The summed E-state index contributed by atoms with van der Waals surface area (Å²) in [5.74, 6) is -1.81. The highest BCUT2D eigenvalue weighted by Crippen LogP contribution is 2.41. The molecule has 0 radical (unpaired) electrons. The highest BCUT2D eigenvalue weighted by atomic mass is 16.8. The number of benzene rings is 1. The topological polar surface area (TPSA) is 81.7 Å². The lowest BCUT2D eigenvalue weighted by Crippen LogP contribution is -2.60. The molecule has 0 aromatic heterocycles. The van der Waals surface area contributed by atoms with E-state index in [9.17, 15) is 4.79 Å². The van der Waals surface area contributed by atoms with Crippen LogP contribution < -0.4 is 0 Å². The Bertz CT molecular complexity index is 693. The van der Waals surface area contributed by atoms with E-state index >= 15 is 0 Å². The quantitative estimate of drug-likeness (QED) is 0.681. The number of carbonyl (C=O) groups is 1. The lowest BCUT2D eigenvalue weighted by atomic mass is 9.93. The number of fused-ring (bicyclic) bond motifs is 1. The molecular weight excluding hydrogens is 368 g/mol. The summed E-state index contributed by atoms with van der Waals surface area (Å²) >= 11 is 0. The van der Waals surface area contributed by atoms with E-state index in [4.69, 9.17) is 33.2 Å². The van der Waals surface area contributed by atoms with Gasteiger partial charge in [0.2, 0.25) is 0 Å². The Hall–Kier alpha value is -1.71. The third-order valence-corrected chi connectivity index (χ3v) is 5.24. The van der Waals surface area contributed by atoms with Crippen LogP contribution in [0.4, 0.5) is 4.79 Å². The summed E-state index contributed by atoms with van der Waals surface area (Å²) in [4.78, 5) is 11.8. The molecule has 154 valence electrons. The predicted molar refractivity (Wildman–Crippen MR) is 95.4 cm³/mol. The van der Waals surface area contributed by atoms with Crippen LogP contribution in [0.3, 0.4) is 0 Å². The normalized spacial score (nSPS) is 36.6. The summed E-state index contributed by atoms with van der Waals surface area (Å²) in [6.45, 7) is 4.57. The summed E-state index contributed by atoms with van der Waals surface area (Å²) < 4.78 is 40.2. The van der Waals surface area contributed by atoms with E-state index in [0.29, 0.717) is 19.6 Å². The molecule has 3 heterocycles. The maximum absolute atomic E-state index is 11.8. The van der Waals surface area contributed by atoms with Crippen LogP contribution in [0.15, 0.2) is 30.3 Å². The van der Waals surface area contributed by atoms with Crippen molar-refractivity contribution in [3.63, 3.8) is 0 Å². The fourth-order valence-electron chi connectivity index (χ4n) is 3.86. The van der Waals surface area contributed by atoms with Crippen molar-refractivity contribution >= 4 is 6.16 Å². The van der Waals surface area contributed by atoms with Crippen molar-refractivity contribution in [3.8, 4) is 0 Å². The van der Waals surface area contributed by atoms with E-state index < -0.39 is 42.1 Å². The minimum absolute atomic E-state index is 0.173. The molecule has 3 saturated heterocycles. The highest BCUT2D eigenvalue weighted by molar-refractivity contribution is 5.62. The van der Waals surface area contributed by atoms with Crippen molar-refractivity contribution in [2.45, 2.75) is 62.9 Å². The molecule has 5 atom stereocenters. The van der Waals surface area contributed by atoms with Gasteiger partial charge in [-0.05, 0) is 19.4 Å². The largest absolute Gasteiger partial charge is 0.509 e. The van der Waals surface area contributed by atoms with E-state index in [1.54, 1.807) is 7.11 Å². The van der Waals surface area contributed by atoms with Gasteiger partial charge in [-0.15, -0.1) is 0 Å². The fraction of sp³-hybridized carbons (Fsp3) is 0.650. The van der Waals surface area contributed by atoms with Gasteiger partial charge in [-0.25, -0.2) is 4.79 Å². The zero-order valence-corrected chi connectivity index (χ0v) is 16.3. The Kier molecular flexibility index (Phi) is 5.32. The molecule has 0 amide bonds. The minimum Gasteiger partial charge on any atom is -0.427 e. The first-order valence-corrected chi connectivity index (χ1v) is 9.43. The average molecular weight is 394 g/mol. The maximum Gasteiger partial charge on any atom is 0.509 e. The number of methoxy groups -OCH3 is 1. The molecule has 3 fully saturated rings. The second-order valence-electron chi connectivity index (χ2n) is 7.74. The molecule has 28 heavy (non-hydrogen) atoms. The molecule has 1 aromatic rings. The maximum atomic E-state index is 11.8. The van der Waals surface area contributed by atoms with E-state index in [2.05, 4.69) is 0 Å². The Morgan fingerprint density at radius 2 is 1.86 bits per heavy atom. The summed E-state index contributed by atoms with van der Waals surface area (Å²) in [5.41, 5.74) is 1.05. The zero-order chi connectivity index (χ0) is 19.8. The first kappa shape index (κ1) is 19.6. The molecule has 0 N–H and O–H groups in total. The van der Waals surface area contributed by atoms with Gasteiger partial charge in [0.25, 0.3) is 0 Å². The van der Waals surface area contributed by atoms with Gasteiger partial charge >= 0.3 is 6.16 Å². The molecule has 0 bridgehead atoms. The first-order valence-electron chi connectivity index (χ1n) is 9.43. The van der Waals surface area contributed by atoms with Crippen molar-refractivity contribution in [3.05, 3.63) is 35.9 Å². The fourth-order valence-corrected chi connectivity index (χ4v) is 3.86. The lowest BCUT2D eigenvalue weighted by Gasteiger charge is -2.44. The van der Waals surface area contributed by atoms with E-state index in [1.807, 2.05) is 44.2 Å². The van der Waals surface area contributed by atoms with Gasteiger partial charge in [0, 0.05) is 13.5 Å². The number of hydrogen-bond donors (Lipinski definition) is 0. The zero-order valence-electron chi connectivity index (χ0n) is 16.3. The van der Waals surface area contributed by atoms with Crippen molar-refractivity contribution in [1.82, 2.24) is 0 Å². The van der Waals surface area contributed by atoms with Crippen LogP contribution in [-0.2, 0) is 39.8 Å². The molecule has 8 nitrogen and oxygen atoms in total. The molecule has 3 aliphatic rings. The Morgan fingerprint density at radius 3 is 2.54 bits per heavy atom. The van der Waals surface area contributed by atoms with Crippen LogP contribution in [0, 0.1) is 0 Å². The average Bonchev–Trinajstić information content (AvgIpc) is 3.22. The second-order valence-corrected chi connectivity index (χ2v) is 7.74. The van der Waals surface area contributed by atoms with Gasteiger partial charge in [-0.2, -0.15) is 0 Å². The molecule has 8 heteroatoms. The Labute approximate surface area is 163 Å². The van der Waals surface area contributed by atoms with Crippen LogP contribution in [0.2, 0.25) is 0 Å². The first-order chi connectivity index (χ1) is 13.4. The van der Waals surface area contributed by atoms with Gasteiger partial charge in [0.05, 0.1) is 13.2 Å². The Morgan fingerprint density at radius 1 is 1.07 bits per heavy atom. The van der Waals surface area contributed by atoms with Crippen LogP contribution in [0.25, 0.3) is 0 Å². The smallest absolute Gasteiger partial charge is 0.427 e. The van der Waals surface area contributed by atoms with Crippen molar-refractivity contribution < 1.29 is 38.0 Å². The van der Waals surface area contributed by atoms with E-state index in [0.717, 1.165) is 5.56 Å². The summed E-state index contributed by atoms with van der Waals surface area (Å²) in [6.07, 6.45) is -2.49. The molecule has 1 aromatic carbocycles. The standard InChI is InChI=1S/C20H26O8/c1-19(2)24-11-15(27-19)17-16-14(25-18(21)26-16)9-20(22-3,28-17)12-23-10-13-7-5-4-6-8-13/h4-8,14-17H,9-12H2,1-3H3/t14-,15-,16-,17-,20-/m1/s1. The molecular formula is C20H26O8. The molecule has 0 spiro atoms. The monoisotopic (exact) mass is 394 g/mol. The number of rotatable bonds is 6. The number of hydrogen-bond acceptors (Lipinski definition) is 8. The van der Waals surface area contributed by atoms with Crippen LogP contribution >= 0.6 is 0 Å². The van der Waals surface area contributed by atoms with Crippen LogP contribution in [-0.4, -0.2) is 62.5 Å². The van der Waals surface area contributed by atoms with E-state index in [1.165, 1.54) is 0 Å². The highest BCUT2D eigenvalue weighted by Gasteiger charge is 2.58. The number of ether oxygens (including phenoxy) is 7. The van der Waals surface area contributed by atoms with Crippen molar-refractivity contribution in [2.75, 3.05) is 20.3 Å². The van der Waals surface area contributed by atoms with Crippen molar-refractivity contribution in [2.24, 2.45) is 0 Å². The number of carbonyl (C=O) groups excluding carboxylic acids is 1. The third-order valence-electron chi connectivity index (χ3n) is 5.24. The van der Waals surface area contributed by atoms with Crippen LogP contribution in [0.1, 0.15) is 25.8 Å². The third kappa shape index (κ3) is 4.01. The molecule has 0 saturated carbocycles. The van der Waals surface area contributed by atoms with E-state index in [-0.39, 0.29) is 6.61 Å². The molecule has 4 rings (SSSR count). The molecule has 0 aliphatic carbocycles. The van der Waals surface area contributed by atoms with Gasteiger partial charge < -0.3 is 33.2 Å². The summed E-state index contributed by atoms with van der Waals surface area (Å²) in [6, 6.07) is 9.83. The summed E-state index contributed by atoms with van der Waals surface area (Å²) in [7, 11) is 1.55. The minimum atomic E-state index is -1.08. The van der Waals surface area contributed by atoms with Gasteiger partial charge in [-0.3, -0.25) is 0 Å². The lowest BCUT2D eigenvalue weighted by molar-refractivity contribution is -0.328. The Balaban J connectivity index is 1.48. The van der Waals surface area contributed by atoms with Crippen LogP contribution in [0.5, 0.6) is 0 Å². The van der Waals surface area contributed by atoms with Crippen molar-refractivity contribution in [1.29, 1.82) is 0 Å². The van der Waals surface area contributed by atoms with Gasteiger partial charge in [-0.1, -0.05) is 30.3 Å².